The van der Waals surface area contributed by atoms with Gasteiger partial charge in [0.25, 0.3) is 5.91 Å². The van der Waals surface area contributed by atoms with E-state index in [4.69, 9.17) is 4.42 Å². The molecule has 1 aromatic heterocycles. The molecule has 2 heterocycles. The second-order valence-electron chi connectivity index (χ2n) is 5.32. The fourth-order valence-corrected chi connectivity index (χ4v) is 3.04. The number of halogens is 2. The molecule has 1 fully saturated rings. The van der Waals surface area contributed by atoms with Gasteiger partial charge in [-0.05, 0) is 23.8 Å². The first-order chi connectivity index (χ1) is 10.6. The maximum Gasteiger partial charge on any atom is 0.257 e. The van der Waals surface area contributed by atoms with Crippen LogP contribution in [-0.4, -0.2) is 41.9 Å². The minimum absolute atomic E-state index is 0.0105. The van der Waals surface area contributed by atoms with Crippen molar-refractivity contribution in [3.8, 4) is 0 Å². The van der Waals surface area contributed by atoms with Crippen molar-refractivity contribution in [2.75, 3.05) is 26.2 Å². The molecule has 6 heteroatoms. The van der Waals surface area contributed by atoms with Gasteiger partial charge in [0.05, 0.1) is 11.8 Å². The lowest BCUT2D eigenvalue weighted by atomic mass is 10.2. The number of carbonyl (C=O) groups is 1. The number of benzene rings is 1. The molecule has 3 rings (SSSR count). The molecule has 2 aromatic rings. The van der Waals surface area contributed by atoms with Crippen molar-refractivity contribution in [1.29, 1.82) is 0 Å². The van der Waals surface area contributed by atoms with Gasteiger partial charge in [-0.25, -0.2) is 4.39 Å². The van der Waals surface area contributed by atoms with Crippen LogP contribution >= 0.6 is 15.9 Å². The Morgan fingerprint density at radius 2 is 2.00 bits per heavy atom. The Labute approximate surface area is 136 Å². The van der Waals surface area contributed by atoms with Gasteiger partial charge >= 0.3 is 0 Å². The molecule has 0 saturated carbocycles. The van der Waals surface area contributed by atoms with Crippen molar-refractivity contribution < 1.29 is 13.6 Å². The molecule has 1 amide bonds. The number of amides is 1. The number of piperazine rings is 1. The van der Waals surface area contributed by atoms with Crippen LogP contribution in [0, 0.1) is 5.82 Å². The topological polar surface area (TPSA) is 36.7 Å². The van der Waals surface area contributed by atoms with E-state index in [9.17, 15) is 9.18 Å². The van der Waals surface area contributed by atoms with E-state index in [0.29, 0.717) is 18.7 Å². The number of furan rings is 1. The largest absolute Gasteiger partial charge is 0.472 e. The van der Waals surface area contributed by atoms with Crippen LogP contribution < -0.4 is 0 Å². The highest BCUT2D eigenvalue weighted by Gasteiger charge is 2.23. The zero-order chi connectivity index (χ0) is 15.5. The summed E-state index contributed by atoms with van der Waals surface area (Å²) >= 11 is 3.39. The molecule has 0 N–H and O–H groups in total. The Morgan fingerprint density at radius 1 is 1.23 bits per heavy atom. The van der Waals surface area contributed by atoms with E-state index in [0.717, 1.165) is 29.7 Å². The summed E-state index contributed by atoms with van der Waals surface area (Å²) in [5.41, 5.74) is 1.64. The molecular formula is C16H16BrFN2O2. The minimum atomic E-state index is -0.244. The molecule has 1 aliphatic rings. The molecule has 0 spiro atoms. The summed E-state index contributed by atoms with van der Waals surface area (Å²) in [6, 6.07) is 6.43. The van der Waals surface area contributed by atoms with Crippen LogP contribution in [0.1, 0.15) is 15.9 Å². The third kappa shape index (κ3) is 3.39. The molecule has 0 bridgehead atoms. The lowest BCUT2D eigenvalue weighted by Crippen LogP contribution is -2.48. The normalized spacial score (nSPS) is 16.0. The number of rotatable bonds is 3. The molecule has 0 unspecified atom stereocenters. The zero-order valence-electron chi connectivity index (χ0n) is 12.0. The van der Waals surface area contributed by atoms with Crippen LogP contribution in [0.4, 0.5) is 4.39 Å². The van der Waals surface area contributed by atoms with Crippen molar-refractivity contribution in [3.05, 3.63) is 58.2 Å². The highest BCUT2D eigenvalue weighted by atomic mass is 79.9. The fraction of sp³-hybridized carbons (Fsp3) is 0.312. The lowest BCUT2D eigenvalue weighted by Gasteiger charge is -2.34. The van der Waals surface area contributed by atoms with Gasteiger partial charge in [0.2, 0.25) is 0 Å². The van der Waals surface area contributed by atoms with Gasteiger partial charge in [0.15, 0.2) is 0 Å². The van der Waals surface area contributed by atoms with Gasteiger partial charge in [-0.1, -0.05) is 22.0 Å². The summed E-state index contributed by atoms with van der Waals surface area (Å²) < 4.78 is 18.8. The average molecular weight is 367 g/mol. The molecule has 116 valence electrons. The molecule has 1 saturated heterocycles. The standard InChI is InChI=1S/C16H16BrFN2O2/c17-15-9-14(18)2-1-12(15)10-19-4-6-20(7-5-19)16(21)13-3-8-22-11-13/h1-3,8-9,11H,4-7,10H2. The minimum Gasteiger partial charge on any atom is -0.472 e. The molecule has 1 aliphatic heterocycles. The van der Waals surface area contributed by atoms with Crippen molar-refractivity contribution in [1.82, 2.24) is 9.80 Å². The fourth-order valence-electron chi connectivity index (χ4n) is 2.57. The van der Waals surface area contributed by atoms with Crippen molar-refractivity contribution in [2.24, 2.45) is 0 Å². The summed E-state index contributed by atoms with van der Waals surface area (Å²) in [6.07, 6.45) is 2.99. The molecule has 0 aliphatic carbocycles. The zero-order valence-corrected chi connectivity index (χ0v) is 13.6. The SMILES string of the molecule is O=C(c1ccoc1)N1CCN(Cc2ccc(F)cc2Br)CC1. The highest BCUT2D eigenvalue weighted by Crippen LogP contribution is 2.20. The van der Waals surface area contributed by atoms with E-state index in [1.54, 1.807) is 12.1 Å². The molecule has 0 radical (unpaired) electrons. The van der Waals surface area contributed by atoms with E-state index in [2.05, 4.69) is 20.8 Å². The van der Waals surface area contributed by atoms with Crippen molar-refractivity contribution >= 4 is 21.8 Å². The van der Waals surface area contributed by atoms with E-state index in [1.807, 2.05) is 4.90 Å². The van der Waals surface area contributed by atoms with Gasteiger partial charge in [-0.3, -0.25) is 9.69 Å². The van der Waals surface area contributed by atoms with Gasteiger partial charge in [-0.15, -0.1) is 0 Å². The Balaban J connectivity index is 1.56. The Bertz CT molecular complexity index is 652. The molecule has 4 nitrogen and oxygen atoms in total. The van der Waals surface area contributed by atoms with Gasteiger partial charge in [0, 0.05) is 37.2 Å². The Hall–Kier alpha value is -1.66. The van der Waals surface area contributed by atoms with Crippen molar-refractivity contribution in [2.45, 2.75) is 6.54 Å². The number of carbonyl (C=O) groups excluding carboxylic acids is 1. The van der Waals surface area contributed by atoms with Crippen molar-refractivity contribution in [3.63, 3.8) is 0 Å². The lowest BCUT2D eigenvalue weighted by molar-refractivity contribution is 0.0627. The molecular weight excluding hydrogens is 351 g/mol. The van der Waals surface area contributed by atoms with Crippen LogP contribution in [0.25, 0.3) is 0 Å². The summed E-state index contributed by atoms with van der Waals surface area (Å²) in [4.78, 5) is 16.3. The predicted octanol–water partition coefficient (Wildman–Crippen LogP) is 3.14. The van der Waals surface area contributed by atoms with Crippen LogP contribution in [-0.2, 0) is 6.54 Å². The maximum absolute atomic E-state index is 13.1. The van der Waals surface area contributed by atoms with Gasteiger partial charge in [-0.2, -0.15) is 0 Å². The summed E-state index contributed by atoms with van der Waals surface area (Å²) in [5, 5.41) is 0. The molecule has 0 atom stereocenters. The van der Waals surface area contributed by atoms with E-state index in [-0.39, 0.29) is 11.7 Å². The summed E-state index contributed by atoms with van der Waals surface area (Å²) in [7, 11) is 0. The molecule has 1 aromatic carbocycles. The first kappa shape index (κ1) is 15.2. The van der Waals surface area contributed by atoms with Crippen LogP contribution in [0.2, 0.25) is 0 Å². The second kappa shape index (κ2) is 6.62. The maximum atomic E-state index is 13.1. The summed E-state index contributed by atoms with van der Waals surface area (Å²) in [5.74, 6) is -0.234. The quantitative estimate of drug-likeness (QED) is 0.837. The van der Waals surface area contributed by atoms with E-state index < -0.39 is 0 Å². The number of nitrogens with zero attached hydrogens (tertiary/aromatic N) is 2. The first-order valence-electron chi connectivity index (χ1n) is 7.11. The highest BCUT2D eigenvalue weighted by molar-refractivity contribution is 9.10. The first-order valence-corrected chi connectivity index (χ1v) is 7.90. The van der Waals surface area contributed by atoms with Gasteiger partial charge < -0.3 is 9.32 Å². The third-order valence-electron chi connectivity index (χ3n) is 3.84. The Kier molecular flexibility index (Phi) is 4.59. The smallest absolute Gasteiger partial charge is 0.257 e. The predicted molar refractivity (Wildman–Crippen MR) is 84.0 cm³/mol. The number of hydrogen-bond donors (Lipinski definition) is 0. The van der Waals surface area contributed by atoms with E-state index >= 15 is 0 Å². The second-order valence-corrected chi connectivity index (χ2v) is 6.17. The average Bonchev–Trinajstić information content (AvgIpc) is 3.04. The van der Waals surface area contributed by atoms with Gasteiger partial charge in [0.1, 0.15) is 12.1 Å². The van der Waals surface area contributed by atoms with Crippen LogP contribution in [0.5, 0.6) is 0 Å². The monoisotopic (exact) mass is 366 g/mol. The summed E-state index contributed by atoms with van der Waals surface area (Å²) in [6.45, 7) is 3.71. The molecule has 22 heavy (non-hydrogen) atoms. The van der Waals surface area contributed by atoms with Crippen LogP contribution in [0.15, 0.2) is 45.7 Å². The Morgan fingerprint density at radius 3 is 2.64 bits per heavy atom. The number of hydrogen-bond acceptors (Lipinski definition) is 3. The van der Waals surface area contributed by atoms with Crippen LogP contribution in [0.3, 0.4) is 0 Å². The third-order valence-corrected chi connectivity index (χ3v) is 4.57. The van der Waals surface area contributed by atoms with E-state index in [1.165, 1.54) is 24.7 Å².